The number of hydrogen-bond donors (Lipinski definition) is 2. The Morgan fingerprint density at radius 1 is 1.24 bits per heavy atom. The first kappa shape index (κ1) is 14.7. The van der Waals surface area contributed by atoms with Gasteiger partial charge in [-0.15, -0.1) is 0 Å². The quantitative estimate of drug-likeness (QED) is 0.835. The molecule has 1 spiro atoms. The Balaban J connectivity index is 2.09. The number of phenolic OH excluding ortho intramolecular Hbond substituents is 1. The van der Waals surface area contributed by atoms with Crippen LogP contribution in [0, 0.1) is 20.8 Å². The van der Waals surface area contributed by atoms with Gasteiger partial charge in [0.25, 0.3) is 0 Å². The minimum absolute atomic E-state index is 0.0393. The van der Waals surface area contributed by atoms with Crippen LogP contribution >= 0.6 is 0 Å². The van der Waals surface area contributed by atoms with Crippen LogP contribution in [0.2, 0.25) is 0 Å². The van der Waals surface area contributed by atoms with E-state index < -0.39 is 0 Å². The van der Waals surface area contributed by atoms with Gasteiger partial charge in [-0.05, 0) is 63.6 Å². The summed E-state index contributed by atoms with van der Waals surface area (Å²) in [4.78, 5) is 5.47. The van der Waals surface area contributed by atoms with Crippen LogP contribution in [0.4, 0.5) is 0 Å². The molecule has 1 aromatic carbocycles. The smallest absolute Gasteiger partial charge is 0.128 e. The highest BCUT2D eigenvalue weighted by molar-refractivity contribution is 5.59. The lowest BCUT2D eigenvalue weighted by Crippen LogP contribution is -2.49. The van der Waals surface area contributed by atoms with E-state index in [9.17, 15) is 5.11 Å². The fourth-order valence-electron chi connectivity index (χ4n) is 3.57. The molecule has 0 bridgehead atoms. The van der Waals surface area contributed by atoms with E-state index in [-0.39, 0.29) is 11.6 Å². The minimum Gasteiger partial charge on any atom is -0.507 e. The number of hydroxylamine groups is 1. The van der Waals surface area contributed by atoms with Gasteiger partial charge in [-0.2, -0.15) is 5.48 Å². The van der Waals surface area contributed by atoms with Crippen molar-refractivity contribution < 1.29 is 14.7 Å². The molecule has 1 aliphatic carbocycles. The molecule has 21 heavy (non-hydrogen) atoms. The Hall–Kier alpha value is -1.26. The maximum atomic E-state index is 10.4. The van der Waals surface area contributed by atoms with Gasteiger partial charge >= 0.3 is 0 Å². The number of fused-ring (bicyclic) bond motifs is 1. The Morgan fingerprint density at radius 3 is 2.52 bits per heavy atom. The molecule has 4 heteroatoms. The summed E-state index contributed by atoms with van der Waals surface area (Å²) in [6.45, 7) is 8.53. The van der Waals surface area contributed by atoms with Crippen molar-refractivity contribution in [3.05, 3.63) is 22.3 Å². The van der Waals surface area contributed by atoms with Crippen LogP contribution in [-0.2, 0) is 4.84 Å². The third kappa shape index (κ3) is 2.21. The number of benzene rings is 1. The van der Waals surface area contributed by atoms with Crippen LogP contribution in [-0.4, -0.2) is 17.3 Å². The summed E-state index contributed by atoms with van der Waals surface area (Å²) >= 11 is 0. The highest BCUT2D eigenvalue weighted by Crippen LogP contribution is 2.52. The molecule has 3 rings (SSSR count). The zero-order chi connectivity index (χ0) is 15.2. The molecule has 1 atom stereocenters. The van der Waals surface area contributed by atoms with Crippen LogP contribution in [0.15, 0.2) is 0 Å². The second kappa shape index (κ2) is 5.18. The molecular formula is C17H25NO3. The molecule has 0 amide bonds. The number of aromatic hydroxyl groups is 1. The van der Waals surface area contributed by atoms with E-state index in [1.54, 1.807) is 0 Å². The summed E-state index contributed by atoms with van der Waals surface area (Å²) in [5, 5.41) is 10.4. The topological polar surface area (TPSA) is 50.7 Å². The van der Waals surface area contributed by atoms with Gasteiger partial charge in [0.05, 0.1) is 12.6 Å². The second-order valence-corrected chi connectivity index (χ2v) is 6.41. The van der Waals surface area contributed by atoms with E-state index >= 15 is 0 Å². The summed E-state index contributed by atoms with van der Waals surface area (Å²) in [5.74, 6) is 1.33. The average Bonchev–Trinajstić information content (AvgIpc) is 2.46. The summed E-state index contributed by atoms with van der Waals surface area (Å²) in [5.41, 5.74) is 7.05. The molecule has 1 unspecified atom stereocenters. The standard InChI is InChI=1S/C17H25NO3/c1-5-20-18-13-9-17(7-6-8-17)21-16-11(3)10(2)15(19)12(4)14(13)16/h13,18-19H,5-9H2,1-4H3. The number of hydrogen-bond acceptors (Lipinski definition) is 4. The van der Waals surface area contributed by atoms with Crippen molar-refractivity contribution in [1.82, 2.24) is 5.48 Å². The number of ether oxygens (including phenoxy) is 1. The van der Waals surface area contributed by atoms with Gasteiger partial charge in [0.1, 0.15) is 17.1 Å². The van der Waals surface area contributed by atoms with Crippen LogP contribution in [0.5, 0.6) is 11.5 Å². The van der Waals surface area contributed by atoms with Crippen molar-refractivity contribution in [3.8, 4) is 11.5 Å². The molecule has 0 radical (unpaired) electrons. The van der Waals surface area contributed by atoms with Gasteiger partial charge < -0.3 is 14.7 Å². The third-order valence-corrected chi connectivity index (χ3v) is 5.14. The van der Waals surface area contributed by atoms with Crippen molar-refractivity contribution in [2.75, 3.05) is 6.61 Å². The molecule has 116 valence electrons. The van der Waals surface area contributed by atoms with Crippen LogP contribution < -0.4 is 10.2 Å². The number of nitrogens with one attached hydrogen (secondary N) is 1. The van der Waals surface area contributed by atoms with E-state index in [0.29, 0.717) is 12.4 Å². The number of phenols is 1. The second-order valence-electron chi connectivity index (χ2n) is 6.41. The first-order chi connectivity index (χ1) is 9.99. The first-order valence-electron chi connectivity index (χ1n) is 7.88. The zero-order valence-electron chi connectivity index (χ0n) is 13.4. The van der Waals surface area contributed by atoms with E-state index in [0.717, 1.165) is 47.3 Å². The third-order valence-electron chi connectivity index (χ3n) is 5.14. The summed E-state index contributed by atoms with van der Waals surface area (Å²) in [6, 6.07) is 0.0826. The predicted octanol–water partition coefficient (Wildman–Crippen LogP) is 3.60. The zero-order valence-corrected chi connectivity index (χ0v) is 13.4. The summed E-state index contributed by atoms with van der Waals surface area (Å²) in [7, 11) is 0. The molecule has 1 heterocycles. The van der Waals surface area contributed by atoms with Gasteiger partial charge in [0.2, 0.25) is 0 Å². The Labute approximate surface area is 126 Å². The largest absolute Gasteiger partial charge is 0.507 e. The highest BCUT2D eigenvalue weighted by Gasteiger charge is 2.47. The van der Waals surface area contributed by atoms with Crippen molar-refractivity contribution in [3.63, 3.8) is 0 Å². The van der Waals surface area contributed by atoms with Crippen LogP contribution in [0.25, 0.3) is 0 Å². The van der Waals surface area contributed by atoms with Crippen molar-refractivity contribution >= 4 is 0 Å². The molecule has 1 aliphatic heterocycles. The van der Waals surface area contributed by atoms with E-state index in [4.69, 9.17) is 9.57 Å². The molecule has 0 saturated heterocycles. The lowest BCUT2D eigenvalue weighted by Gasteiger charge is -2.49. The normalized spacial score (nSPS) is 22.6. The van der Waals surface area contributed by atoms with Crippen molar-refractivity contribution in [1.29, 1.82) is 0 Å². The molecule has 1 aromatic rings. The lowest BCUT2D eigenvalue weighted by molar-refractivity contribution is -0.0673. The van der Waals surface area contributed by atoms with Crippen LogP contribution in [0.1, 0.15) is 60.9 Å². The number of rotatable bonds is 3. The monoisotopic (exact) mass is 291 g/mol. The minimum atomic E-state index is -0.0393. The van der Waals surface area contributed by atoms with Gasteiger partial charge in [0.15, 0.2) is 0 Å². The van der Waals surface area contributed by atoms with Gasteiger partial charge in [0, 0.05) is 12.0 Å². The molecule has 1 saturated carbocycles. The molecule has 0 aromatic heterocycles. The van der Waals surface area contributed by atoms with Gasteiger partial charge in [-0.1, -0.05) is 0 Å². The highest BCUT2D eigenvalue weighted by atomic mass is 16.6. The van der Waals surface area contributed by atoms with Gasteiger partial charge in [-0.25, -0.2) is 0 Å². The maximum absolute atomic E-state index is 10.4. The SMILES string of the molecule is CCONC1CC2(CCC2)Oc2c(C)c(C)c(O)c(C)c21. The summed E-state index contributed by atoms with van der Waals surface area (Å²) < 4.78 is 6.41. The van der Waals surface area contributed by atoms with Crippen molar-refractivity contribution in [2.45, 2.75) is 65.0 Å². The van der Waals surface area contributed by atoms with Gasteiger partial charge in [-0.3, -0.25) is 0 Å². The lowest BCUT2D eigenvalue weighted by atomic mass is 9.72. The van der Waals surface area contributed by atoms with E-state index in [1.807, 2.05) is 27.7 Å². The molecular weight excluding hydrogens is 266 g/mol. The first-order valence-corrected chi connectivity index (χ1v) is 7.88. The molecule has 2 N–H and O–H groups in total. The van der Waals surface area contributed by atoms with Crippen LogP contribution in [0.3, 0.4) is 0 Å². The Bertz CT molecular complexity index is 564. The molecule has 4 nitrogen and oxygen atoms in total. The Kier molecular flexibility index (Phi) is 3.62. The van der Waals surface area contributed by atoms with E-state index in [1.165, 1.54) is 6.42 Å². The maximum Gasteiger partial charge on any atom is 0.128 e. The molecule has 1 fully saturated rings. The van der Waals surface area contributed by atoms with E-state index in [2.05, 4.69) is 5.48 Å². The fourth-order valence-corrected chi connectivity index (χ4v) is 3.57. The summed E-state index contributed by atoms with van der Waals surface area (Å²) in [6.07, 6.45) is 4.35. The molecule has 2 aliphatic rings. The van der Waals surface area contributed by atoms with Crippen molar-refractivity contribution in [2.24, 2.45) is 0 Å². The Morgan fingerprint density at radius 2 is 1.95 bits per heavy atom. The fraction of sp³-hybridized carbons (Fsp3) is 0.647. The predicted molar refractivity (Wildman–Crippen MR) is 81.6 cm³/mol. The average molecular weight is 291 g/mol.